The van der Waals surface area contributed by atoms with E-state index in [2.05, 4.69) is 33.0 Å². The van der Waals surface area contributed by atoms with Crippen LogP contribution in [0.4, 0.5) is 0 Å². The molecule has 2 nitrogen and oxygen atoms in total. The SMILES string of the molecule is COCC(C)NCCC(C)(C)C. The summed E-state index contributed by atoms with van der Waals surface area (Å²) in [6.07, 6.45) is 1.21. The largest absolute Gasteiger partial charge is 0.383 e. The third kappa shape index (κ3) is 8.02. The molecule has 0 heterocycles. The minimum atomic E-state index is 0.430. The van der Waals surface area contributed by atoms with Crippen LogP contribution >= 0.6 is 0 Å². The molecule has 0 amide bonds. The molecule has 0 aromatic rings. The van der Waals surface area contributed by atoms with Gasteiger partial charge >= 0.3 is 0 Å². The normalized spacial score (nSPS) is 14.8. The minimum Gasteiger partial charge on any atom is -0.383 e. The zero-order chi connectivity index (χ0) is 9.61. The Morgan fingerprint density at radius 1 is 1.33 bits per heavy atom. The Bertz CT molecular complexity index is 107. The first-order valence-electron chi connectivity index (χ1n) is 4.68. The van der Waals surface area contributed by atoms with Crippen molar-refractivity contribution in [2.75, 3.05) is 20.3 Å². The van der Waals surface area contributed by atoms with Crippen LogP contribution in [-0.4, -0.2) is 26.3 Å². The average molecular weight is 173 g/mol. The summed E-state index contributed by atoms with van der Waals surface area (Å²) in [7, 11) is 1.74. The van der Waals surface area contributed by atoms with Crippen molar-refractivity contribution in [2.45, 2.75) is 40.2 Å². The summed E-state index contributed by atoms with van der Waals surface area (Å²) in [5.41, 5.74) is 0.430. The van der Waals surface area contributed by atoms with Crippen molar-refractivity contribution in [3.8, 4) is 0 Å². The minimum absolute atomic E-state index is 0.430. The lowest BCUT2D eigenvalue weighted by Gasteiger charge is -2.20. The van der Waals surface area contributed by atoms with Crippen molar-refractivity contribution in [1.29, 1.82) is 0 Å². The van der Waals surface area contributed by atoms with E-state index < -0.39 is 0 Å². The fraction of sp³-hybridized carbons (Fsp3) is 1.00. The molecule has 0 aromatic heterocycles. The van der Waals surface area contributed by atoms with Crippen molar-refractivity contribution in [3.05, 3.63) is 0 Å². The number of hydrogen-bond donors (Lipinski definition) is 1. The molecule has 0 aliphatic heterocycles. The summed E-state index contributed by atoms with van der Waals surface area (Å²) in [6.45, 7) is 10.8. The fourth-order valence-corrected chi connectivity index (χ4v) is 1.00. The molecule has 1 N–H and O–H groups in total. The Labute approximate surface area is 76.7 Å². The lowest BCUT2D eigenvalue weighted by atomic mass is 9.92. The van der Waals surface area contributed by atoms with Crippen LogP contribution < -0.4 is 5.32 Å². The van der Waals surface area contributed by atoms with E-state index in [9.17, 15) is 0 Å². The molecule has 1 atom stereocenters. The van der Waals surface area contributed by atoms with Gasteiger partial charge in [-0.15, -0.1) is 0 Å². The first-order chi connectivity index (χ1) is 5.45. The molecule has 0 bridgehead atoms. The highest BCUT2D eigenvalue weighted by atomic mass is 16.5. The molecular formula is C10H23NO. The van der Waals surface area contributed by atoms with Crippen molar-refractivity contribution < 1.29 is 4.74 Å². The molecular weight excluding hydrogens is 150 g/mol. The fourth-order valence-electron chi connectivity index (χ4n) is 1.00. The summed E-state index contributed by atoms with van der Waals surface area (Å²) in [5, 5.41) is 3.42. The van der Waals surface area contributed by atoms with Gasteiger partial charge in [0.1, 0.15) is 0 Å². The van der Waals surface area contributed by atoms with Crippen molar-refractivity contribution >= 4 is 0 Å². The molecule has 0 radical (unpaired) electrons. The first-order valence-corrected chi connectivity index (χ1v) is 4.68. The maximum absolute atomic E-state index is 5.02. The van der Waals surface area contributed by atoms with Gasteiger partial charge in [-0.05, 0) is 25.3 Å². The van der Waals surface area contributed by atoms with E-state index in [1.165, 1.54) is 6.42 Å². The highest BCUT2D eigenvalue weighted by Gasteiger charge is 2.09. The Hall–Kier alpha value is -0.0800. The molecule has 0 saturated carbocycles. The van der Waals surface area contributed by atoms with E-state index in [0.29, 0.717) is 11.5 Å². The third-order valence-corrected chi connectivity index (χ3v) is 1.78. The van der Waals surface area contributed by atoms with Crippen LogP contribution in [0.1, 0.15) is 34.1 Å². The molecule has 0 aliphatic carbocycles. The molecule has 12 heavy (non-hydrogen) atoms. The van der Waals surface area contributed by atoms with Gasteiger partial charge in [-0.25, -0.2) is 0 Å². The summed E-state index contributed by atoms with van der Waals surface area (Å²) in [4.78, 5) is 0. The lowest BCUT2D eigenvalue weighted by molar-refractivity contribution is 0.170. The zero-order valence-corrected chi connectivity index (χ0v) is 9.11. The molecule has 1 unspecified atom stereocenters. The topological polar surface area (TPSA) is 21.3 Å². The quantitative estimate of drug-likeness (QED) is 0.687. The second kappa shape index (κ2) is 5.55. The number of methoxy groups -OCH3 is 1. The van der Waals surface area contributed by atoms with Gasteiger partial charge < -0.3 is 10.1 Å². The van der Waals surface area contributed by atoms with Crippen LogP contribution in [0.3, 0.4) is 0 Å². The van der Waals surface area contributed by atoms with Crippen molar-refractivity contribution in [2.24, 2.45) is 5.41 Å². The summed E-state index contributed by atoms with van der Waals surface area (Å²) >= 11 is 0. The monoisotopic (exact) mass is 173 g/mol. The Kier molecular flexibility index (Phi) is 5.51. The van der Waals surface area contributed by atoms with E-state index in [1.807, 2.05) is 0 Å². The van der Waals surface area contributed by atoms with Gasteiger partial charge in [0.15, 0.2) is 0 Å². The van der Waals surface area contributed by atoms with E-state index in [-0.39, 0.29) is 0 Å². The van der Waals surface area contributed by atoms with Gasteiger partial charge in [-0.3, -0.25) is 0 Å². The van der Waals surface area contributed by atoms with E-state index in [4.69, 9.17) is 4.74 Å². The molecule has 0 rings (SSSR count). The number of hydrogen-bond acceptors (Lipinski definition) is 2. The molecule has 74 valence electrons. The van der Waals surface area contributed by atoms with Crippen LogP contribution in [0.2, 0.25) is 0 Å². The summed E-state index contributed by atoms with van der Waals surface area (Å²) < 4.78 is 5.02. The Morgan fingerprint density at radius 2 is 1.92 bits per heavy atom. The predicted octanol–water partition coefficient (Wildman–Crippen LogP) is 2.05. The molecule has 0 saturated heterocycles. The lowest BCUT2D eigenvalue weighted by Crippen LogP contribution is -2.32. The summed E-state index contributed by atoms with van der Waals surface area (Å²) in [6, 6.07) is 0.470. The smallest absolute Gasteiger partial charge is 0.0613 e. The van der Waals surface area contributed by atoms with Gasteiger partial charge in [0, 0.05) is 13.2 Å². The van der Waals surface area contributed by atoms with E-state index >= 15 is 0 Å². The number of nitrogens with one attached hydrogen (secondary N) is 1. The highest BCUT2D eigenvalue weighted by Crippen LogP contribution is 2.16. The van der Waals surface area contributed by atoms with Crippen molar-refractivity contribution in [1.82, 2.24) is 5.32 Å². The van der Waals surface area contributed by atoms with Gasteiger partial charge in [0.05, 0.1) is 6.61 Å². The highest BCUT2D eigenvalue weighted by molar-refractivity contribution is 4.65. The molecule has 2 heteroatoms. The molecule has 0 aliphatic rings. The number of rotatable bonds is 5. The summed E-state index contributed by atoms with van der Waals surface area (Å²) in [5.74, 6) is 0. The van der Waals surface area contributed by atoms with Crippen LogP contribution in [0.5, 0.6) is 0 Å². The van der Waals surface area contributed by atoms with Gasteiger partial charge in [0.25, 0.3) is 0 Å². The molecule has 0 spiro atoms. The van der Waals surface area contributed by atoms with E-state index in [0.717, 1.165) is 13.2 Å². The second-order valence-electron chi connectivity index (χ2n) is 4.62. The van der Waals surface area contributed by atoms with Gasteiger partial charge in [-0.2, -0.15) is 0 Å². The van der Waals surface area contributed by atoms with E-state index in [1.54, 1.807) is 7.11 Å². The number of ether oxygens (including phenoxy) is 1. The van der Waals surface area contributed by atoms with Gasteiger partial charge in [-0.1, -0.05) is 20.8 Å². The van der Waals surface area contributed by atoms with Gasteiger partial charge in [0.2, 0.25) is 0 Å². The standard InChI is InChI=1S/C10H23NO/c1-9(8-12-5)11-7-6-10(2,3)4/h9,11H,6-8H2,1-5H3. The van der Waals surface area contributed by atoms with Crippen LogP contribution in [-0.2, 0) is 4.74 Å². The predicted molar refractivity (Wildman–Crippen MR) is 53.4 cm³/mol. The third-order valence-electron chi connectivity index (χ3n) is 1.78. The molecule has 0 aromatic carbocycles. The van der Waals surface area contributed by atoms with Crippen LogP contribution in [0.25, 0.3) is 0 Å². The zero-order valence-electron chi connectivity index (χ0n) is 9.11. The maximum atomic E-state index is 5.02. The van der Waals surface area contributed by atoms with Crippen LogP contribution in [0, 0.1) is 5.41 Å². The Morgan fingerprint density at radius 3 is 2.33 bits per heavy atom. The van der Waals surface area contributed by atoms with Crippen LogP contribution in [0.15, 0.2) is 0 Å². The molecule has 0 fully saturated rings. The first kappa shape index (κ1) is 11.9. The van der Waals surface area contributed by atoms with Crippen molar-refractivity contribution in [3.63, 3.8) is 0 Å². The second-order valence-corrected chi connectivity index (χ2v) is 4.62. The Balaban J connectivity index is 3.31. The maximum Gasteiger partial charge on any atom is 0.0613 e. The average Bonchev–Trinajstić information content (AvgIpc) is 1.84.